The number of nitrogens with zero attached hydrogens (tertiary/aromatic N) is 2. The standard InChI is InChI=1S/C19H16N2O2/c22-20-21-16(13-23-17-7-2-1-3-8-17)12-15-11-10-14-6-4-5-9-18(14)19(15)21/h1-11,16H,12-13H2. The highest BCUT2D eigenvalue weighted by Crippen LogP contribution is 2.38. The number of fused-ring (bicyclic) bond motifs is 3. The Bertz CT molecular complexity index is 848. The minimum atomic E-state index is -0.0755. The predicted octanol–water partition coefficient (Wildman–Crippen LogP) is 4.33. The van der Waals surface area contributed by atoms with Crippen LogP contribution in [0, 0.1) is 4.91 Å². The minimum absolute atomic E-state index is 0.0755. The van der Waals surface area contributed by atoms with E-state index in [1.165, 1.54) is 0 Å². The van der Waals surface area contributed by atoms with Crippen molar-refractivity contribution in [1.82, 2.24) is 0 Å². The molecule has 114 valence electrons. The highest BCUT2D eigenvalue weighted by atomic mass is 16.5. The Kier molecular flexibility index (Phi) is 3.42. The van der Waals surface area contributed by atoms with Crippen molar-refractivity contribution >= 4 is 16.5 Å². The molecule has 4 rings (SSSR count). The van der Waals surface area contributed by atoms with Gasteiger partial charge in [-0.1, -0.05) is 54.6 Å². The van der Waals surface area contributed by atoms with E-state index in [9.17, 15) is 4.91 Å². The zero-order chi connectivity index (χ0) is 15.6. The van der Waals surface area contributed by atoms with Gasteiger partial charge in [0.25, 0.3) is 0 Å². The van der Waals surface area contributed by atoms with Gasteiger partial charge in [-0.15, -0.1) is 4.91 Å². The maximum absolute atomic E-state index is 11.5. The molecule has 0 N–H and O–H groups in total. The molecular weight excluding hydrogens is 288 g/mol. The van der Waals surface area contributed by atoms with E-state index in [0.717, 1.165) is 34.2 Å². The van der Waals surface area contributed by atoms with Crippen LogP contribution < -0.4 is 9.75 Å². The van der Waals surface area contributed by atoms with Crippen molar-refractivity contribution in [2.45, 2.75) is 12.5 Å². The lowest BCUT2D eigenvalue weighted by atomic mass is 10.0. The van der Waals surface area contributed by atoms with E-state index in [1.54, 1.807) is 5.01 Å². The van der Waals surface area contributed by atoms with E-state index in [1.807, 2.05) is 54.6 Å². The lowest BCUT2D eigenvalue weighted by molar-refractivity contribution is 0.285. The Balaban J connectivity index is 1.64. The first-order valence-corrected chi connectivity index (χ1v) is 7.68. The van der Waals surface area contributed by atoms with Gasteiger partial charge in [-0.25, -0.2) is 5.01 Å². The molecule has 4 nitrogen and oxygen atoms in total. The van der Waals surface area contributed by atoms with Gasteiger partial charge in [0.15, 0.2) is 0 Å². The maximum atomic E-state index is 11.5. The summed E-state index contributed by atoms with van der Waals surface area (Å²) in [5.41, 5.74) is 2.06. The van der Waals surface area contributed by atoms with Gasteiger partial charge in [0, 0.05) is 11.8 Å². The second-order valence-corrected chi connectivity index (χ2v) is 5.70. The smallest absolute Gasteiger partial charge is 0.119 e. The van der Waals surface area contributed by atoms with Crippen LogP contribution in [-0.4, -0.2) is 12.6 Å². The third-order valence-corrected chi connectivity index (χ3v) is 4.29. The monoisotopic (exact) mass is 304 g/mol. The first-order chi connectivity index (χ1) is 11.4. The number of hydrogen-bond acceptors (Lipinski definition) is 3. The van der Waals surface area contributed by atoms with Crippen LogP contribution in [0.3, 0.4) is 0 Å². The molecule has 0 saturated carbocycles. The van der Waals surface area contributed by atoms with Gasteiger partial charge < -0.3 is 4.74 Å². The summed E-state index contributed by atoms with van der Waals surface area (Å²) in [4.78, 5) is 11.5. The summed E-state index contributed by atoms with van der Waals surface area (Å²) in [5, 5.41) is 7.02. The van der Waals surface area contributed by atoms with E-state index in [4.69, 9.17) is 4.74 Å². The summed E-state index contributed by atoms with van der Waals surface area (Å²) in [6.45, 7) is 0.429. The summed E-state index contributed by atoms with van der Waals surface area (Å²) in [5.74, 6) is 0.805. The van der Waals surface area contributed by atoms with Crippen molar-refractivity contribution in [2.24, 2.45) is 5.29 Å². The molecule has 0 spiro atoms. The molecule has 1 heterocycles. The molecule has 4 heteroatoms. The molecule has 0 aromatic heterocycles. The zero-order valence-electron chi connectivity index (χ0n) is 12.6. The molecule has 0 bridgehead atoms. The summed E-state index contributed by atoms with van der Waals surface area (Å²) in [7, 11) is 0. The Labute approximate surface area is 134 Å². The minimum Gasteiger partial charge on any atom is -0.491 e. The van der Waals surface area contributed by atoms with Crippen molar-refractivity contribution < 1.29 is 4.74 Å². The van der Waals surface area contributed by atoms with Crippen molar-refractivity contribution in [1.29, 1.82) is 0 Å². The molecule has 0 saturated heterocycles. The van der Waals surface area contributed by atoms with Gasteiger partial charge in [-0.3, -0.25) is 0 Å². The van der Waals surface area contributed by atoms with Crippen LogP contribution in [-0.2, 0) is 6.42 Å². The van der Waals surface area contributed by atoms with Gasteiger partial charge >= 0.3 is 0 Å². The van der Waals surface area contributed by atoms with Gasteiger partial charge in [-0.05, 0) is 23.1 Å². The Hall–Kier alpha value is -2.88. The molecule has 1 atom stereocenters. The fraction of sp³-hybridized carbons (Fsp3) is 0.158. The molecule has 0 fully saturated rings. The predicted molar refractivity (Wildman–Crippen MR) is 91.7 cm³/mol. The zero-order valence-corrected chi connectivity index (χ0v) is 12.6. The maximum Gasteiger partial charge on any atom is 0.119 e. The van der Waals surface area contributed by atoms with Crippen LogP contribution in [0.2, 0.25) is 0 Å². The third kappa shape index (κ3) is 2.42. The summed E-state index contributed by atoms with van der Waals surface area (Å²) >= 11 is 0. The first kappa shape index (κ1) is 13.8. The summed E-state index contributed by atoms with van der Waals surface area (Å²) in [6, 6.07) is 21.8. The molecule has 3 aromatic rings. The molecule has 23 heavy (non-hydrogen) atoms. The Morgan fingerprint density at radius 3 is 2.61 bits per heavy atom. The van der Waals surface area contributed by atoms with Gasteiger partial charge in [0.2, 0.25) is 0 Å². The fourth-order valence-electron chi connectivity index (χ4n) is 3.20. The number of anilines is 1. The van der Waals surface area contributed by atoms with Gasteiger partial charge in [0.05, 0.1) is 17.0 Å². The highest BCUT2D eigenvalue weighted by molar-refractivity contribution is 5.97. The van der Waals surface area contributed by atoms with Crippen molar-refractivity contribution in [3.05, 3.63) is 77.2 Å². The van der Waals surface area contributed by atoms with Gasteiger partial charge in [-0.2, -0.15) is 0 Å². The third-order valence-electron chi connectivity index (χ3n) is 4.29. The van der Waals surface area contributed by atoms with Crippen molar-refractivity contribution in [2.75, 3.05) is 11.6 Å². The van der Waals surface area contributed by atoms with Crippen LogP contribution in [0.4, 0.5) is 5.69 Å². The number of hydrogen-bond donors (Lipinski definition) is 0. The molecule has 1 aliphatic rings. The van der Waals surface area contributed by atoms with E-state index < -0.39 is 0 Å². The van der Waals surface area contributed by atoms with Crippen LogP contribution >= 0.6 is 0 Å². The van der Waals surface area contributed by atoms with Crippen molar-refractivity contribution in [3.8, 4) is 5.75 Å². The number of para-hydroxylation sites is 1. The lowest BCUT2D eigenvalue weighted by Gasteiger charge is -2.20. The molecular formula is C19H16N2O2. The van der Waals surface area contributed by atoms with Gasteiger partial charge in [0.1, 0.15) is 12.4 Å². The Morgan fingerprint density at radius 2 is 1.78 bits per heavy atom. The van der Waals surface area contributed by atoms with Crippen LogP contribution in [0.1, 0.15) is 5.56 Å². The fourth-order valence-corrected chi connectivity index (χ4v) is 3.20. The summed E-state index contributed by atoms with van der Waals surface area (Å²) < 4.78 is 5.82. The SMILES string of the molecule is O=NN1c2c(ccc3ccccc23)CC1COc1ccccc1. The largest absolute Gasteiger partial charge is 0.491 e. The van der Waals surface area contributed by atoms with Crippen molar-refractivity contribution in [3.63, 3.8) is 0 Å². The molecule has 0 radical (unpaired) electrons. The van der Waals surface area contributed by atoms with E-state index >= 15 is 0 Å². The number of benzene rings is 3. The Morgan fingerprint density at radius 1 is 1.00 bits per heavy atom. The van der Waals surface area contributed by atoms with E-state index in [0.29, 0.717) is 6.61 Å². The first-order valence-electron chi connectivity index (χ1n) is 7.68. The topological polar surface area (TPSA) is 41.9 Å². The quantitative estimate of drug-likeness (QED) is 0.674. The molecule has 0 amide bonds. The molecule has 1 aliphatic heterocycles. The van der Waals surface area contributed by atoms with Crippen LogP contribution in [0.25, 0.3) is 10.8 Å². The molecule has 3 aromatic carbocycles. The second kappa shape index (κ2) is 5.72. The van der Waals surface area contributed by atoms with Crippen LogP contribution in [0.5, 0.6) is 5.75 Å². The molecule has 1 unspecified atom stereocenters. The number of ether oxygens (including phenoxy) is 1. The number of nitroso groups, excluding NO2 is 1. The van der Waals surface area contributed by atoms with E-state index in [2.05, 4.69) is 17.4 Å². The number of rotatable bonds is 4. The average molecular weight is 304 g/mol. The van der Waals surface area contributed by atoms with Crippen LogP contribution in [0.15, 0.2) is 72.0 Å². The summed E-state index contributed by atoms with van der Waals surface area (Å²) in [6.07, 6.45) is 0.763. The molecule has 0 aliphatic carbocycles. The van der Waals surface area contributed by atoms with E-state index in [-0.39, 0.29) is 6.04 Å². The highest BCUT2D eigenvalue weighted by Gasteiger charge is 2.32. The normalized spacial score (nSPS) is 16.3. The average Bonchev–Trinajstić information content (AvgIpc) is 2.99. The lowest BCUT2D eigenvalue weighted by Crippen LogP contribution is -2.32. The second-order valence-electron chi connectivity index (χ2n) is 5.70.